The molecule has 0 spiro atoms. The second-order valence-electron chi connectivity index (χ2n) is 9.25. The molecule has 194 valence electrons. The first kappa shape index (κ1) is 25.4. The Labute approximate surface area is 219 Å². The highest BCUT2D eigenvalue weighted by molar-refractivity contribution is 7.89. The van der Waals surface area contributed by atoms with Crippen molar-refractivity contribution in [2.24, 2.45) is 0 Å². The Kier molecular flexibility index (Phi) is 7.02. The second kappa shape index (κ2) is 10.2. The number of rotatable bonds is 6. The van der Waals surface area contributed by atoms with Crippen LogP contribution >= 0.6 is 11.3 Å². The fraction of sp³-hybridized carbons (Fsp3) is 0.346. The van der Waals surface area contributed by atoms with E-state index in [2.05, 4.69) is 28.5 Å². The number of thiazole rings is 1. The second-order valence-corrected chi connectivity index (χ2v) is 12.0. The molecule has 0 aliphatic carbocycles. The summed E-state index contributed by atoms with van der Waals surface area (Å²) in [4.78, 5) is 32.4. The molecule has 11 heteroatoms. The van der Waals surface area contributed by atoms with Gasteiger partial charge in [0, 0.05) is 29.4 Å². The summed E-state index contributed by atoms with van der Waals surface area (Å²) in [6, 6.07) is 9.05. The van der Waals surface area contributed by atoms with Crippen LogP contribution in [0.15, 0.2) is 48.0 Å². The van der Waals surface area contributed by atoms with Crippen molar-refractivity contribution >= 4 is 43.9 Å². The zero-order valence-corrected chi connectivity index (χ0v) is 22.3. The van der Waals surface area contributed by atoms with Crippen LogP contribution in [-0.2, 0) is 19.6 Å². The maximum Gasteiger partial charge on any atom is 0.256 e. The molecular weight excluding hydrogens is 512 g/mol. The first-order chi connectivity index (χ1) is 17.7. The maximum absolute atomic E-state index is 13.2. The number of aromatic nitrogens is 2. The predicted octanol–water partition coefficient (Wildman–Crippen LogP) is 3.77. The Hall–Kier alpha value is -3.28. The molecular formula is C26H28N4O5S2. The number of likely N-dealkylation sites (tertiary alicyclic amines) is 1. The molecule has 0 unspecified atom stereocenters. The summed E-state index contributed by atoms with van der Waals surface area (Å²) >= 11 is 1.34. The minimum Gasteiger partial charge on any atom is -0.377 e. The first-order valence-corrected chi connectivity index (χ1v) is 14.8. The smallest absolute Gasteiger partial charge is 0.256 e. The van der Waals surface area contributed by atoms with Crippen LogP contribution in [-0.4, -0.2) is 66.1 Å². The Morgan fingerprint density at radius 2 is 2.03 bits per heavy atom. The van der Waals surface area contributed by atoms with Crippen molar-refractivity contribution in [2.75, 3.05) is 31.3 Å². The molecule has 2 aliphatic heterocycles. The van der Waals surface area contributed by atoms with Crippen LogP contribution in [0.4, 0.5) is 5.13 Å². The summed E-state index contributed by atoms with van der Waals surface area (Å²) < 4.78 is 30.4. The molecule has 2 aromatic heterocycles. The van der Waals surface area contributed by atoms with Gasteiger partial charge in [0.2, 0.25) is 15.9 Å². The third-order valence-corrected chi connectivity index (χ3v) is 8.48. The fourth-order valence-corrected chi connectivity index (χ4v) is 6.40. The molecule has 9 nitrogen and oxygen atoms in total. The standard InChI is InChI=1S/C26H28N4O5S2/c1-17-13-21(15-30(17)37(2,33)34)25(32)29-10-4-7-23(29)24(31)28-26-27-22(16-36-26)20-6-3-5-19(14-20)18-8-11-35-12-9-18/h3,5-6,8,13-16,23H,4,7,9-12H2,1-2H3,(H,27,28,31)/t23-/m0/s1. The van der Waals surface area contributed by atoms with E-state index in [9.17, 15) is 18.0 Å². The van der Waals surface area contributed by atoms with Gasteiger partial charge in [-0.2, -0.15) is 0 Å². The van der Waals surface area contributed by atoms with Crippen molar-refractivity contribution in [3.63, 3.8) is 0 Å². The largest absolute Gasteiger partial charge is 0.377 e. The predicted molar refractivity (Wildman–Crippen MR) is 143 cm³/mol. The average molecular weight is 541 g/mol. The van der Waals surface area contributed by atoms with Crippen LogP contribution in [0.3, 0.4) is 0 Å². The number of benzene rings is 1. The average Bonchev–Trinajstić information content (AvgIpc) is 3.64. The van der Waals surface area contributed by atoms with Crippen molar-refractivity contribution in [1.29, 1.82) is 0 Å². The molecule has 2 aliphatic rings. The number of hydrogen-bond donors (Lipinski definition) is 1. The fourth-order valence-electron chi connectivity index (χ4n) is 4.80. The van der Waals surface area contributed by atoms with E-state index in [1.54, 1.807) is 6.92 Å². The number of carbonyl (C=O) groups is 2. The van der Waals surface area contributed by atoms with Gasteiger partial charge in [0.25, 0.3) is 5.91 Å². The Bertz CT molecular complexity index is 1490. The minimum absolute atomic E-state index is 0.249. The van der Waals surface area contributed by atoms with Gasteiger partial charge in [-0.3, -0.25) is 9.59 Å². The van der Waals surface area contributed by atoms with E-state index in [0.29, 0.717) is 43.4 Å². The number of ether oxygens (including phenoxy) is 1. The minimum atomic E-state index is -3.52. The Morgan fingerprint density at radius 3 is 2.76 bits per heavy atom. The third-order valence-electron chi connectivity index (χ3n) is 6.62. The molecule has 0 saturated carbocycles. The molecule has 0 bridgehead atoms. The van der Waals surface area contributed by atoms with Gasteiger partial charge < -0.3 is 15.0 Å². The van der Waals surface area contributed by atoms with Crippen molar-refractivity contribution in [3.05, 3.63) is 64.8 Å². The van der Waals surface area contributed by atoms with Gasteiger partial charge in [0.05, 0.1) is 30.7 Å². The van der Waals surface area contributed by atoms with Gasteiger partial charge >= 0.3 is 0 Å². The molecule has 3 aromatic rings. The quantitative estimate of drug-likeness (QED) is 0.510. The highest BCUT2D eigenvalue weighted by Crippen LogP contribution is 2.30. The van der Waals surface area contributed by atoms with E-state index in [1.807, 2.05) is 17.5 Å². The zero-order chi connectivity index (χ0) is 26.2. The lowest BCUT2D eigenvalue weighted by atomic mass is 9.99. The van der Waals surface area contributed by atoms with Crippen LogP contribution in [0.25, 0.3) is 16.8 Å². The summed E-state index contributed by atoms with van der Waals surface area (Å²) in [6.07, 6.45) is 6.59. The molecule has 37 heavy (non-hydrogen) atoms. The first-order valence-electron chi connectivity index (χ1n) is 12.1. The van der Waals surface area contributed by atoms with Gasteiger partial charge in [0.1, 0.15) is 6.04 Å². The summed E-state index contributed by atoms with van der Waals surface area (Å²) in [5, 5.41) is 5.25. The van der Waals surface area contributed by atoms with E-state index < -0.39 is 16.1 Å². The van der Waals surface area contributed by atoms with Crippen LogP contribution in [0.2, 0.25) is 0 Å². The maximum atomic E-state index is 13.2. The molecule has 5 rings (SSSR count). The number of carbonyl (C=O) groups excluding carboxylic acids is 2. The van der Waals surface area contributed by atoms with E-state index in [0.717, 1.165) is 33.5 Å². The number of nitrogens with one attached hydrogen (secondary N) is 1. The van der Waals surface area contributed by atoms with Crippen molar-refractivity contribution in [2.45, 2.75) is 32.2 Å². The highest BCUT2D eigenvalue weighted by atomic mass is 32.2. The molecule has 1 N–H and O–H groups in total. The van der Waals surface area contributed by atoms with Crippen molar-refractivity contribution in [3.8, 4) is 11.3 Å². The van der Waals surface area contributed by atoms with Crippen LogP contribution in [0.5, 0.6) is 0 Å². The lowest BCUT2D eigenvalue weighted by Gasteiger charge is -2.23. The molecule has 1 saturated heterocycles. The SMILES string of the molecule is Cc1cc(C(=O)N2CCC[C@H]2C(=O)Nc2nc(-c3cccc(C4=CCOCC4)c3)cs2)cn1S(C)(=O)=O. The molecule has 1 atom stereocenters. The van der Waals surface area contributed by atoms with Crippen LogP contribution < -0.4 is 5.32 Å². The topological polar surface area (TPSA) is 111 Å². The number of nitrogens with zero attached hydrogens (tertiary/aromatic N) is 3. The molecule has 1 aromatic carbocycles. The van der Waals surface area contributed by atoms with Crippen molar-refractivity contribution in [1.82, 2.24) is 13.9 Å². The number of hydrogen-bond acceptors (Lipinski definition) is 7. The third kappa shape index (κ3) is 5.39. The van der Waals surface area contributed by atoms with E-state index in [-0.39, 0.29) is 17.4 Å². The summed E-state index contributed by atoms with van der Waals surface area (Å²) in [6.45, 7) is 3.39. The number of anilines is 1. The molecule has 2 amide bonds. The van der Waals surface area contributed by atoms with Gasteiger partial charge in [-0.15, -0.1) is 11.3 Å². The van der Waals surface area contributed by atoms with Gasteiger partial charge in [0.15, 0.2) is 5.13 Å². The van der Waals surface area contributed by atoms with E-state index in [4.69, 9.17) is 4.74 Å². The molecule has 4 heterocycles. The molecule has 0 radical (unpaired) electrons. The van der Waals surface area contributed by atoms with E-state index in [1.165, 1.54) is 34.1 Å². The normalized spacial score (nSPS) is 18.1. The monoisotopic (exact) mass is 540 g/mol. The summed E-state index contributed by atoms with van der Waals surface area (Å²) in [5.41, 5.74) is 4.82. The van der Waals surface area contributed by atoms with Gasteiger partial charge in [-0.1, -0.05) is 24.3 Å². The van der Waals surface area contributed by atoms with Crippen LogP contribution in [0, 0.1) is 6.92 Å². The summed E-state index contributed by atoms with van der Waals surface area (Å²) in [7, 11) is -3.52. The van der Waals surface area contributed by atoms with Crippen molar-refractivity contribution < 1.29 is 22.7 Å². The highest BCUT2D eigenvalue weighted by Gasteiger charge is 2.35. The zero-order valence-electron chi connectivity index (χ0n) is 20.6. The lowest BCUT2D eigenvalue weighted by Crippen LogP contribution is -2.43. The van der Waals surface area contributed by atoms with Gasteiger partial charge in [-0.05, 0) is 49.5 Å². The van der Waals surface area contributed by atoms with Crippen LogP contribution in [0.1, 0.15) is 40.9 Å². The Morgan fingerprint density at radius 1 is 1.22 bits per heavy atom. The summed E-state index contributed by atoms with van der Waals surface area (Å²) in [5.74, 6) is -0.658. The number of amides is 2. The lowest BCUT2D eigenvalue weighted by molar-refractivity contribution is -0.119. The number of aryl methyl sites for hydroxylation is 1. The molecule has 1 fully saturated rings. The Balaban J connectivity index is 1.29. The van der Waals surface area contributed by atoms with Gasteiger partial charge in [-0.25, -0.2) is 17.4 Å². The van der Waals surface area contributed by atoms with E-state index >= 15 is 0 Å².